The minimum absolute atomic E-state index is 0.0651. The fourth-order valence-electron chi connectivity index (χ4n) is 9.87. The molecule has 2 amide bonds. The molecule has 1 saturated heterocycles. The summed E-state index contributed by atoms with van der Waals surface area (Å²) in [7, 11) is 0. The Hall–Kier alpha value is -6.73. The van der Waals surface area contributed by atoms with Gasteiger partial charge < -0.3 is 33.5 Å². The molecule has 5 heterocycles. The topological polar surface area (TPSA) is 112 Å². The van der Waals surface area contributed by atoms with E-state index in [2.05, 4.69) is 27.7 Å². The number of hydrogen-bond donors (Lipinski definition) is 0. The summed E-state index contributed by atoms with van der Waals surface area (Å²) in [4.78, 5) is 61.6. The van der Waals surface area contributed by atoms with E-state index in [1.165, 1.54) is 5.56 Å². The van der Waals surface area contributed by atoms with Gasteiger partial charge in [0, 0.05) is 67.0 Å². The molecule has 350 valence electrons. The normalized spacial score (nSPS) is 16.8. The first-order valence-corrected chi connectivity index (χ1v) is 23.8. The standard InChI is InChI=1S/C56H58N4O8/c1-56(2,3)67-55(63)41-17-11-14-39(28-41)33-59(44-19-21-46(22-20-44)65-36-38-12-5-4-6-13-38)54(62)49-31-51(58-23-10-9-18-50(49)58)47-30-43-37-66-68-52(43)32-48(47)53(61)60-34-42-16-8-7-15-40(42)29-45(60)35-57-24-26-64-27-25-57/h4-8,11-17,19-22,28,30-32,45H,9-10,18,23-27,29,33-37H2,1-3H3/t45-/m0/s1. The largest absolute Gasteiger partial charge is 0.489 e. The fourth-order valence-corrected chi connectivity index (χ4v) is 9.87. The predicted molar refractivity (Wildman–Crippen MR) is 259 cm³/mol. The van der Waals surface area contributed by atoms with Crippen LogP contribution in [-0.2, 0) is 60.1 Å². The summed E-state index contributed by atoms with van der Waals surface area (Å²) in [5.41, 5.74) is 9.01. The summed E-state index contributed by atoms with van der Waals surface area (Å²) in [6, 6.07) is 39.0. The van der Waals surface area contributed by atoms with Crippen LogP contribution in [0.15, 0.2) is 121 Å². The van der Waals surface area contributed by atoms with E-state index in [1.807, 2.05) is 117 Å². The van der Waals surface area contributed by atoms with E-state index in [4.69, 9.17) is 24.0 Å². The van der Waals surface area contributed by atoms with E-state index in [9.17, 15) is 4.79 Å². The Kier molecular flexibility index (Phi) is 12.9. The van der Waals surface area contributed by atoms with Crippen LogP contribution in [0, 0.1) is 0 Å². The Labute approximate surface area is 397 Å². The highest BCUT2D eigenvalue weighted by Crippen LogP contribution is 2.40. The van der Waals surface area contributed by atoms with Gasteiger partial charge in [0.05, 0.1) is 36.4 Å². The monoisotopic (exact) mass is 914 g/mol. The Morgan fingerprint density at radius 2 is 1.53 bits per heavy atom. The number of carbonyl (C=O) groups is 3. The summed E-state index contributed by atoms with van der Waals surface area (Å²) >= 11 is 0. The molecule has 4 aliphatic heterocycles. The predicted octanol–water partition coefficient (Wildman–Crippen LogP) is 9.60. The number of esters is 1. The van der Waals surface area contributed by atoms with Crippen LogP contribution in [-0.4, -0.2) is 76.6 Å². The Morgan fingerprint density at radius 3 is 2.32 bits per heavy atom. The van der Waals surface area contributed by atoms with Gasteiger partial charge in [-0.2, -0.15) is 4.89 Å². The number of carbonyl (C=O) groups excluding carboxylic acids is 3. The molecule has 0 spiro atoms. The van der Waals surface area contributed by atoms with Crippen molar-refractivity contribution >= 4 is 23.5 Å². The van der Waals surface area contributed by atoms with Crippen LogP contribution in [0.5, 0.6) is 11.5 Å². The van der Waals surface area contributed by atoms with Crippen LogP contribution < -0.4 is 14.5 Å². The van der Waals surface area contributed by atoms with Gasteiger partial charge in [0.15, 0.2) is 5.75 Å². The van der Waals surface area contributed by atoms with E-state index in [0.29, 0.717) is 73.2 Å². The fraction of sp³-hybridized carbons (Fsp3) is 0.339. The molecule has 12 heteroatoms. The van der Waals surface area contributed by atoms with Gasteiger partial charge in [-0.1, -0.05) is 66.7 Å². The number of rotatable bonds is 12. The summed E-state index contributed by atoms with van der Waals surface area (Å²) in [5.74, 6) is 0.483. The number of fused-ring (bicyclic) bond motifs is 3. The highest BCUT2D eigenvalue weighted by Gasteiger charge is 2.36. The molecule has 1 aromatic heterocycles. The van der Waals surface area contributed by atoms with Gasteiger partial charge in [0.1, 0.15) is 24.6 Å². The third-order valence-corrected chi connectivity index (χ3v) is 13.3. The number of nitrogens with zero attached hydrogens (tertiary/aromatic N) is 4. The van der Waals surface area contributed by atoms with Crippen molar-refractivity contribution in [1.82, 2.24) is 14.4 Å². The number of amides is 2. The quantitative estimate of drug-likeness (QED) is 0.0876. The zero-order valence-electron chi connectivity index (χ0n) is 39.1. The Morgan fingerprint density at radius 1 is 0.765 bits per heavy atom. The van der Waals surface area contributed by atoms with Crippen LogP contribution >= 0.6 is 0 Å². The van der Waals surface area contributed by atoms with Gasteiger partial charge in [-0.05, 0) is 123 Å². The molecule has 0 N–H and O–H groups in total. The van der Waals surface area contributed by atoms with Crippen LogP contribution in [0.3, 0.4) is 0 Å². The van der Waals surface area contributed by atoms with Crippen molar-refractivity contribution in [1.29, 1.82) is 0 Å². The third-order valence-electron chi connectivity index (χ3n) is 13.3. The van der Waals surface area contributed by atoms with Crippen LogP contribution in [0.25, 0.3) is 11.3 Å². The van der Waals surface area contributed by atoms with E-state index in [0.717, 1.165) is 78.1 Å². The first-order valence-electron chi connectivity index (χ1n) is 23.8. The maximum Gasteiger partial charge on any atom is 0.338 e. The second-order valence-electron chi connectivity index (χ2n) is 19.2. The maximum absolute atomic E-state index is 15.5. The van der Waals surface area contributed by atoms with Crippen molar-refractivity contribution in [2.24, 2.45) is 0 Å². The highest BCUT2D eigenvalue weighted by atomic mass is 17.2. The lowest BCUT2D eigenvalue weighted by atomic mass is 9.91. The molecule has 1 fully saturated rings. The van der Waals surface area contributed by atoms with Crippen molar-refractivity contribution < 1.29 is 38.4 Å². The van der Waals surface area contributed by atoms with Crippen LogP contribution in [0.2, 0.25) is 0 Å². The molecule has 4 aliphatic rings. The lowest BCUT2D eigenvalue weighted by Crippen LogP contribution is -2.52. The number of aromatic nitrogens is 1. The van der Waals surface area contributed by atoms with Crippen molar-refractivity contribution in [3.63, 3.8) is 0 Å². The van der Waals surface area contributed by atoms with Gasteiger partial charge in [-0.25, -0.2) is 4.79 Å². The molecule has 0 radical (unpaired) electrons. The summed E-state index contributed by atoms with van der Waals surface area (Å²) in [5, 5.41) is 0. The molecule has 0 aliphatic carbocycles. The van der Waals surface area contributed by atoms with Gasteiger partial charge in [0.25, 0.3) is 11.8 Å². The molecule has 12 nitrogen and oxygen atoms in total. The van der Waals surface area contributed by atoms with Crippen LogP contribution in [0.1, 0.15) is 98.2 Å². The second kappa shape index (κ2) is 19.5. The zero-order valence-corrected chi connectivity index (χ0v) is 39.1. The molecule has 0 saturated carbocycles. The molecular formula is C56H58N4O8. The van der Waals surface area contributed by atoms with E-state index < -0.39 is 11.6 Å². The van der Waals surface area contributed by atoms with E-state index in [1.54, 1.807) is 17.0 Å². The number of ether oxygens (including phenoxy) is 3. The minimum atomic E-state index is -0.668. The average Bonchev–Trinajstić information content (AvgIpc) is 3.99. The highest BCUT2D eigenvalue weighted by molar-refractivity contribution is 6.09. The SMILES string of the molecule is CC(C)(C)OC(=O)c1cccc(CN(C(=O)c2cc(-c3cc4c(cc3C(=O)N3Cc5ccccc5C[C@H]3CN3CCOCC3)OOC4)n3c2CCCC3)c2ccc(OCc3ccccc3)cc2)c1. The van der Waals surface area contributed by atoms with Crippen molar-refractivity contribution in [2.75, 3.05) is 37.7 Å². The summed E-state index contributed by atoms with van der Waals surface area (Å²) < 4.78 is 19.8. The number of morpholine rings is 1. The maximum atomic E-state index is 15.5. The smallest absolute Gasteiger partial charge is 0.338 e. The van der Waals surface area contributed by atoms with Crippen LogP contribution in [0.4, 0.5) is 5.69 Å². The molecule has 1 atom stereocenters. The molecule has 68 heavy (non-hydrogen) atoms. The summed E-state index contributed by atoms with van der Waals surface area (Å²) in [6.45, 7) is 11.3. The average molecular weight is 915 g/mol. The van der Waals surface area contributed by atoms with Crippen molar-refractivity contribution in [2.45, 2.75) is 90.9 Å². The summed E-state index contributed by atoms with van der Waals surface area (Å²) in [6.07, 6.45) is 3.29. The van der Waals surface area contributed by atoms with E-state index >= 15 is 9.59 Å². The number of benzene rings is 5. The van der Waals surface area contributed by atoms with Gasteiger partial charge in [-0.3, -0.25) is 14.5 Å². The van der Waals surface area contributed by atoms with Crippen molar-refractivity contribution in [3.05, 3.63) is 172 Å². The van der Waals surface area contributed by atoms with Gasteiger partial charge in [0.2, 0.25) is 0 Å². The van der Waals surface area contributed by atoms with Gasteiger partial charge in [-0.15, -0.1) is 0 Å². The molecule has 10 rings (SSSR count). The second-order valence-corrected chi connectivity index (χ2v) is 19.2. The first-order chi connectivity index (χ1) is 33.0. The zero-order chi connectivity index (χ0) is 46.8. The number of anilines is 1. The molecule has 0 unspecified atom stereocenters. The first kappa shape index (κ1) is 45.1. The third kappa shape index (κ3) is 9.80. The van der Waals surface area contributed by atoms with E-state index in [-0.39, 0.29) is 31.0 Å². The number of hydrogen-bond acceptors (Lipinski definition) is 9. The molecule has 5 aromatic carbocycles. The van der Waals surface area contributed by atoms with Crippen molar-refractivity contribution in [3.8, 4) is 22.8 Å². The molecule has 0 bridgehead atoms. The Balaban J connectivity index is 1.03. The molecular weight excluding hydrogens is 857 g/mol. The minimum Gasteiger partial charge on any atom is -0.489 e. The Bertz CT molecular complexity index is 2810. The lowest BCUT2D eigenvalue weighted by Gasteiger charge is -2.40. The lowest BCUT2D eigenvalue weighted by molar-refractivity contribution is -0.194. The van der Waals surface area contributed by atoms with Gasteiger partial charge >= 0.3 is 5.97 Å². The molecule has 6 aromatic rings.